The predicted molar refractivity (Wildman–Crippen MR) is 97.1 cm³/mol. The number of rotatable bonds is 0. The Hall–Kier alpha value is 0.540. The first-order valence-electron chi connectivity index (χ1n) is 9.05. The van der Waals surface area contributed by atoms with Gasteiger partial charge in [-0.3, -0.25) is 0 Å². The molecule has 0 saturated heterocycles. The fourth-order valence-electron chi connectivity index (χ4n) is 2.44. The molecule has 2 aliphatic carbocycles. The van der Waals surface area contributed by atoms with E-state index in [2.05, 4.69) is 57.7 Å². The molecule has 0 bridgehead atoms. The second-order valence-electron chi connectivity index (χ2n) is 7.40. The molecule has 1 nitrogen and oxygen atoms in total. The van der Waals surface area contributed by atoms with Gasteiger partial charge >= 0.3 is 50.5 Å². The van der Waals surface area contributed by atoms with Crippen LogP contribution in [0.5, 0.6) is 0 Å². The molecule has 2 aliphatic rings. The fraction of sp³-hybridized carbons (Fsp3) is 0.850. The number of hydrogen-bond donors (Lipinski definition) is 0. The first-order chi connectivity index (χ1) is 10.3. The van der Waals surface area contributed by atoms with Gasteiger partial charge in [-0.25, -0.2) is 0 Å². The van der Waals surface area contributed by atoms with Gasteiger partial charge in [-0.15, -0.1) is 0 Å². The molecule has 2 heteroatoms. The molecular weight excluding hydrogens is 435 g/mol. The maximum atomic E-state index is 4.13. The van der Waals surface area contributed by atoms with Gasteiger partial charge in [0.05, 0.1) is 0 Å². The van der Waals surface area contributed by atoms with Gasteiger partial charge in [0, 0.05) is 0 Å². The largest absolute Gasteiger partial charge is 0.346 e. The Bertz CT molecular complexity index is 209. The Morgan fingerprint density at radius 3 is 1.45 bits per heavy atom. The standard InChI is InChI=1S/C8H15.C6H11.C4H9N.C2H5.Ta/c1-7-4-3-5-8(2)6-7;1-2-4-6-5-3-1;1-4(2,3)5;1-2;/h3,7-8H,4-6H2,1-2H3;1H,2-6H2;1-3H3;1H2,2H3;/q2*-1;;-1;. The van der Waals surface area contributed by atoms with Gasteiger partial charge in [-0.05, 0) is 0 Å². The summed E-state index contributed by atoms with van der Waals surface area (Å²) < 4.78 is 4.13. The molecule has 0 amide bonds. The van der Waals surface area contributed by atoms with Crippen LogP contribution in [-0.4, -0.2) is 5.54 Å². The third-order valence-corrected chi connectivity index (χ3v) is 5.71. The molecule has 0 aromatic heterocycles. The molecule has 0 aliphatic heterocycles. The van der Waals surface area contributed by atoms with Gasteiger partial charge in [0.1, 0.15) is 0 Å². The minimum absolute atomic E-state index is 0.216. The van der Waals surface area contributed by atoms with Gasteiger partial charge in [0.15, 0.2) is 0 Å². The molecule has 0 heterocycles. The zero-order valence-electron chi connectivity index (χ0n) is 16.1. The molecule has 2 unspecified atom stereocenters. The summed E-state index contributed by atoms with van der Waals surface area (Å²) in [6.07, 6.45) is 16.1. The van der Waals surface area contributed by atoms with Crippen LogP contribution in [0.4, 0.5) is 0 Å². The van der Waals surface area contributed by atoms with Crippen molar-refractivity contribution in [2.75, 3.05) is 0 Å². The quantitative estimate of drug-likeness (QED) is 0.330. The summed E-state index contributed by atoms with van der Waals surface area (Å²) in [5.41, 5.74) is 0.216. The van der Waals surface area contributed by atoms with Gasteiger partial charge in [0.2, 0.25) is 0 Å². The van der Waals surface area contributed by atoms with Crippen LogP contribution < -0.4 is 0 Å². The minimum atomic E-state index is 0.216. The van der Waals surface area contributed by atoms with Crippen molar-refractivity contribution in [2.45, 2.75) is 98.4 Å². The fourth-order valence-corrected chi connectivity index (χ4v) is 2.44. The van der Waals surface area contributed by atoms with E-state index in [1.807, 2.05) is 0 Å². The first-order valence-corrected chi connectivity index (χ1v) is 10.5. The maximum absolute atomic E-state index is 4.13. The van der Waals surface area contributed by atoms with Crippen LogP contribution in [0.3, 0.4) is 0 Å². The van der Waals surface area contributed by atoms with Crippen molar-refractivity contribution in [3.05, 3.63) is 19.8 Å². The summed E-state index contributed by atoms with van der Waals surface area (Å²) in [4.78, 5) is 0. The molecule has 0 N–H and O–H groups in total. The van der Waals surface area contributed by atoms with Gasteiger partial charge < -0.3 is 19.8 Å². The van der Waals surface area contributed by atoms with E-state index in [0.717, 1.165) is 32.7 Å². The van der Waals surface area contributed by atoms with E-state index in [1.165, 1.54) is 51.4 Å². The van der Waals surface area contributed by atoms with E-state index in [0.29, 0.717) is 0 Å². The predicted octanol–water partition coefficient (Wildman–Crippen LogP) is 7.16. The normalized spacial score (nSPS) is 24.3. The van der Waals surface area contributed by atoms with Crippen LogP contribution in [0.2, 0.25) is 0 Å². The molecular formula is C20H40NTa-3. The average Bonchev–Trinajstić information content (AvgIpc) is 2.51. The SMILES string of the molecule is CC(C)(C)[N]=[Ta].CC1C[CH-]CC(C)C1.[CH-]1CCCCC1.[CH2-]C. The summed E-state index contributed by atoms with van der Waals surface area (Å²) in [5.74, 6) is 1.91. The Labute approximate surface area is 154 Å². The molecule has 133 valence electrons. The van der Waals surface area contributed by atoms with Crippen LogP contribution >= 0.6 is 0 Å². The molecule has 0 aromatic carbocycles. The minimum Gasteiger partial charge on any atom is -0.346 e. The molecule has 2 rings (SSSR count). The van der Waals surface area contributed by atoms with E-state index >= 15 is 0 Å². The smallest absolute Gasteiger partial charge is 0.0530 e. The Kier molecular flexibility index (Phi) is 18.5. The van der Waals surface area contributed by atoms with Crippen molar-refractivity contribution in [2.24, 2.45) is 15.2 Å². The molecule has 0 radical (unpaired) electrons. The van der Waals surface area contributed by atoms with Gasteiger partial charge in [-0.1, -0.05) is 51.4 Å². The van der Waals surface area contributed by atoms with E-state index < -0.39 is 0 Å². The van der Waals surface area contributed by atoms with Crippen LogP contribution in [-0.2, 0) is 20.9 Å². The van der Waals surface area contributed by atoms with Crippen molar-refractivity contribution >= 4 is 0 Å². The Morgan fingerprint density at radius 2 is 1.32 bits per heavy atom. The third kappa shape index (κ3) is 20.5. The number of hydrogen-bond acceptors (Lipinski definition) is 1. The second-order valence-corrected chi connectivity index (χ2v) is 8.12. The molecule has 2 saturated carbocycles. The van der Waals surface area contributed by atoms with Crippen LogP contribution in [0.1, 0.15) is 92.9 Å². The van der Waals surface area contributed by atoms with E-state index in [1.54, 1.807) is 6.92 Å². The van der Waals surface area contributed by atoms with E-state index in [-0.39, 0.29) is 5.54 Å². The van der Waals surface area contributed by atoms with Crippen LogP contribution in [0.15, 0.2) is 3.34 Å². The maximum Gasteiger partial charge on any atom is -0.0530 e. The van der Waals surface area contributed by atoms with E-state index in [4.69, 9.17) is 0 Å². The summed E-state index contributed by atoms with van der Waals surface area (Å²) in [7, 11) is 0. The van der Waals surface area contributed by atoms with Crippen molar-refractivity contribution < 1.29 is 20.9 Å². The second kappa shape index (κ2) is 16.4. The molecule has 2 fully saturated rings. The third-order valence-electron chi connectivity index (χ3n) is 3.56. The van der Waals surface area contributed by atoms with Crippen molar-refractivity contribution in [3.63, 3.8) is 0 Å². The van der Waals surface area contributed by atoms with Crippen LogP contribution in [0, 0.1) is 31.6 Å². The van der Waals surface area contributed by atoms with Crippen molar-refractivity contribution in [3.8, 4) is 0 Å². The first kappa shape index (κ1) is 24.8. The average molecular weight is 475 g/mol. The summed E-state index contributed by atoms with van der Waals surface area (Å²) in [6, 6.07) is 0. The molecule has 22 heavy (non-hydrogen) atoms. The Balaban J connectivity index is 0. The van der Waals surface area contributed by atoms with Gasteiger partial charge in [-0.2, -0.15) is 32.6 Å². The van der Waals surface area contributed by atoms with E-state index in [9.17, 15) is 0 Å². The Morgan fingerprint density at radius 1 is 0.909 bits per heavy atom. The summed E-state index contributed by atoms with van der Waals surface area (Å²) >= 11 is 1.15. The molecule has 0 aromatic rings. The topological polar surface area (TPSA) is 12.4 Å². The molecule has 0 spiro atoms. The zero-order chi connectivity index (χ0) is 17.4. The zero-order valence-corrected chi connectivity index (χ0v) is 19.3. The molecule has 2 atom stereocenters. The monoisotopic (exact) mass is 475 g/mol. The van der Waals surface area contributed by atoms with Gasteiger partial charge in [0.25, 0.3) is 0 Å². The van der Waals surface area contributed by atoms with Crippen LogP contribution in [0.25, 0.3) is 0 Å². The van der Waals surface area contributed by atoms with Crippen molar-refractivity contribution in [1.82, 2.24) is 0 Å². The summed E-state index contributed by atoms with van der Waals surface area (Å²) in [6.45, 7) is 16.0. The number of nitrogens with zero attached hydrogens (tertiary/aromatic N) is 1. The summed E-state index contributed by atoms with van der Waals surface area (Å²) in [5, 5.41) is 0. The van der Waals surface area contributed by atoms with Crippen molar-refractivity contribution in [1.29, 1.82) is 0 Å².